The van der Waals surface area contributed by atoms with Crippen LogP contribution in [0.15, 0.2) is 54.6 Å². The summed E-state index contributed by atoms with van der Waals surface area (Å²) in [6, 6.07) is 18.8. The molecule has 1 heterocycles. The van der Waals surface area contributed by atoms with E-state index in [0.29, 0.717) is 0 Å². The van der Waals surface area contributed by atoms with E-state index in [1.165, 1.54) is 16.3 Å². The van der Waals surface area contributed by atoms with Crippen molar-refractivity contribution in [3.63, 3.8) is 0 Å². The van der Waals surface area contributed by atoms with Crippen LogP contribution in [0.1, 0.15) is 28.6 Å². The van der Waals surface area contributed by atoms with Gasteiger partial charge in [-0.2, -0.15) is 0 Å². The number of hydrogen-bond donors (Lipinski definition) is 2. The molecule has 0 spiro atoms. The fraction of sp³-hybridized carbons (Fsp3) is 0.167. The average Bonchev–Trinajstić information content (AvgIpc) is 2.47. The Labute approximate surface area is 124 Å². The van der Waals surface area contributed by atoms with E-state index in [4.69, 9.17) is 5.84 Å². The molecule has 0 aliphatic carbocycles. The van der Waals surface area contributed by atoms with Gasteiger partial charge in [0.05, 0.1) is 6.04 Å². The van der Waals surface area contributed by atoms with Gasteiger partial charge in [-0.25, -0.2) is 5.43 Å². The van der Waals surface area contributed by atoms with Crippen molar-refractivity contribution in [3.05, 3.63) is 77.1 Å². The Balaban J connectivity index is 2.18. The first-order valence-electron chi connectivity index (χ1n) is 7.08. The largest absolute Gasteiger partial charge is 0.271 e. The molecule has 0 saturated carbocycles. The number of hydrogen-bond acceptors (Lipinski definition) is 3. The minimum Gasteiger partial charge on any atom is -0.271 e. The summed E-state index contributed by atoms with van der Waals surface area (Å²) in [7, 11) is 0. The number of benzene rings is 2. The normalized spacial score (nSPS) is 12.5. The smallest absolute Gasteiger partial charge is 0.0717 e. The molecule has 1 unspecified atom stereocenters. The van der Waals surface area contributed by atoms with Crippen molar-refractivity contribution in [2.75, 3.05) is 0 Å². The summed E-state index contributed by atoms with van der Waals surface area (Å²) in [5.41, 5.74) is 7.28. The van der Waals surface area contributed by atoms with Crippen LogP contribution in [0.4, 0.5) is 0 Å². The molecule has 0 amide bonds. The number of aryl methyl sites for hydroxylation is 2. The van der Waals surface area contributed by atoms with E-state index in [-0.39, 0.29) is 6.04 Å². The van der Waals surface area contributed by atoms with E-state index in [1.807, 2.05) is 13.8 Å². The van der Waals surface area contributed by atoms with Crippen molar-refractivity contribution < 1.29 is 0 Å². The van der Waals surface area contributed by atoms with E-state index >= 15 is 0 Å². The molecule has 0 aliphatic heterocycles. The Morgan fingerprint density at radius 2 is 1.62 bits per heavy atom. The standard InChI is InChI=1S/C18H19N3/c1-12-10-15(11-13(2)20-12)18(21-19)17-9-5-7-14-6-3-4-8-16(14)17/h3-11,18,21H,19H2,1-2H3. The number of pyridine rings is 1. The summed E-state index contributed by atoms with van der Waals surface area (Å²) in [4.78, 5) is 4.44. The van der Waals surface area contributed by atoms with Crippen LogP contribution in [0, 0.1) is 13.8 Å². The molecule has 1 aromatic heterocycles. The Hall–Kier alpha value is -2.23. The van der Waals surface area contributed by atoms with E-state index in [2.05, 4.69) is 65.0 Å². The highest BCUT2D eigenvalue weighted by atomic mass is 15.2. The van der Waals surface area contributed by atoms with Gasteiger partial charge in [-0.15, -0.1) is 0 Å². The summed E-state index contributed by atoms with van der Waals surface area (Å²) in [5.74, 6) is 5.86. The maximum absolute atomic E-state index is 5.86. The number of aromatic nitrogens is 1. The van der Waals surface area contributed by atoms with Crippen LogP contribution >= 0.6 is 0 Å². The Bertz CT molecular complexity index is 755. The fourth-order valence-electron chi connectivity index (χ4n) is 2.90. The second-order valence-corrected chi connectivity index (χ2v) is 5.35. The van der Waals surface area contributed by atoms with Gasteiger partial charge < -0.3 is 0 Å². The Morgan fingerprint density at radius 1 is 0.952 bits per heavy atom. The minimum absolute atomic E-state index is 0.0449. The zero-order valence-corrected chi connectivity index (χ0v) is 12.3. The van der Waals surface area contributed by atoms with E-state index < -0.39 is 0 Å². The van der Waals surface area contributed by atoms with Gasteiger partial charge in [0.15, 0.2) is 0 Å². The minimum atomic E-state index is -0.0449. The highest BCUT2D eigenvalue weighted by Gasteiger charge is 2.15. The summed E-state index contributed by atoms with van der Waals surface area (Å²) in [5, 5.41) is 2.44. The fourth-order valence-corrected chi connectivity index (χ4v) is 2.90. The van der Waals surface area contributed by atoms with Gasteiger partial charge in [0, 0.05) is 11.4 Å². The molecule has 0 aliphatic rings. The van der Waals surface area contributed by atoms with Gasteiger partial charge in [-0.05, 0) is 47.9 Å². The molecule has 0 saturated heterocycles. The quantitative estimate of drug-likeness (QED) is 0.570. The van der Waals surface area contributed by atoms with Gasteiger partial charge in [0.25, 0.3) is 0 Å². The number of fused-ring (bicyclic) bond motifs is 1. The van der Waals surface area contributed by atoms with Crippen LogP contribution < -0.4 is 11.3 Å². The third-order valence-electron chi connectivity index (χ3n) is 3.74. The lowest BCUT2D eigenvalue weighted by molar-refractivity contribution is 0.639. The first kappa shape index (κ1) is 13.7. The lowest BCUT2D eigenvalue weighted by Gasteiger charge is -2.19. The zero-order chi connectivity index (χ0) is 14.8. The molecule has 0 bridgehead atoms. The lowest BCUT2D eigenvalue weighted by atomic mass is 9.94. The summed E-state index contributed by atoms with van der Waals surface area (Å²) in [6.45, 7) is 4.01. The van der Waals surface area contributed by atoms with Gasteiger partial charge in [0.1, 0.15) is 0 Å². The van der Waals surface area contributed by atoms with Crippen molar-refractivity contribution in [3.8, 4) is 0 Å². The number of nitrogens with two attached hydrogens (primary N) is 1. The highest BCUT2D eigenvalue weighted by molar-refractivity contribution is 5.86. The predicted octanol–water partition coefficient (Wildman–Crippen LogP) is 3.40. The molecule has 3 rings (SSSR count). The van der Waals surface area contributed by atoms with Crippen LogP contribution in [-0.2, 0) is 0 Å². The van der Waals surface area contributed by atoms with Crippen LogP contribution in [0.25, 0.3) is 10.8 Å². The topological polar surface area (TPSA) is 50.9 Å². The van der Waals surface area contributed by atoms with Crippen LogP contribution in [0.2, 0.25) is 0 Å². The van der Waals surface area contributed by atoms with E-state index in [9.17, 15) is 0 Å². The summed E-state index contributed by atoms with van der Waals surface area (Å²) in [6.07, 6.45) is 0. The first-order chi connectivity index (χ1) is 10.2. The molecule has 1 atom stereocenters. The molecular weight excluding hydrogens is 258 g/mol. The molecule has 3 heteroatoms. The number of nitrogens with one attached hydrogen (secondary N) is 1. The van der Waals surface area contributed by atoms with Crippen molar-refractivity contribution in [1.29, 1.82) is 0 Å². The third kappa shape index (κ3) is 2.66. The second-order valence-electron chi connectivity index (χ2n) is 5.35. The van der Waals surface area contributed by atoms with E-state index in [1.54, 1.807) is 0 Å². The van der Waals surface area contributed by atoms with Crippen molar-refractivity contribution in [1.82, 2.24) is 10.4 Å². The molecule has 21 heavy (non-hydrogen) atoms. The molecule has 0 fully saturated rings. The van der Waals surface area contributed by atoms with Gasteiger partial charge >= 0.3 is 0 Å². The Kier molecular flexibility index (Phi) is 3.69. The molecular formula is C18H19N3. The number of hydrazine groups is 1. The van der Waals surface area contributed by atoms with Gasteiger partial charge in [-0.1, -0.05) is 42.5 Å². The molecule has 3 N–H and O–H groups in total. The number of rotatable bonds is 3. The summed E-state index contributed by atoms with van der Waals surface area (Å²) < 4.78 is 0. The van der Waals surface area contributed by atoms with Crippen molar-refractivity contribution in [2.45, 2.75) is 19.9 Å². The van der Waals surface area contributed by atoms with Gasteiger partial charge in [-0.3, -0.25) is 10.8 Å². The SMILES string of the molecule is Cc1cc(C(NN)c2cccc3ccccc23)cc(C)n1. The summed E-state index contributed by atoms with van der Waals surface area (Å²) >= 11 is 0. The highest BCUT2D eigenvalue weighted by Crippen LogP contribution is 2.29. The molecule has 3 aromatic rings. The van der Waals surface area contributed by atoms with Gasteiger partial charge in [0.2, 0.25) is 0 Å². The Morgan fingerprint density at radius 3 is 2.33 bits per heavy atom. The van der Waals surface area contributed by atoms with Crippen LogP contribution in [0.5, 0.6) is 0 Å². The van der Waals surface area contributed by atoms with Crippen molar-refractivity contribution >= 4 is 10.8 Å². The first-order valence-corrected chi connectivity index (χ1v) is 7.08. The zero-order valence-electron chi connectivity index (χ0n) is 12.3. The number of nitrogens with zero attached hydrogens (tertiary/aromatic N) is 1. The maximum atomic E-state index is 5.86. The average molecular weight is 277 g/mol. The second kappa shape index (κ2) is 5.64. The van der Waals surface area contributed by atoms with Crippen molar-refractivity contribution in [2.24, 2.45) is 5.84 Å². The molecule has 106 valence electrons. The molecule has 2 aromatic carbocycles. The third-order valence-corrected chi connectivity index (χ3v) is 3.74. The molecule has 3 nitrogen and oxygen atoms in total. The lowest BCUT2D eigenvalue weighted by Crippen LogP contribution is -2.29. The maximum Gasteiger partial charge on any atom is 0.0717 e. The van der Waals surface area contributed by atoms with E-state index in [0.717, 1.165) is 17.0 Å². The van der Waals surface area contributed by atoms with Crippen LogP contribution in [-0.4, -0.2) is 4.98 Å². The monoisotopic (exact) mass is 277 g/mol. The molecule has 0 radical (unpaired) electrons. The predicted molar refractivity (Wildman–Crippen MR) is 86.8 cm³/mol. The van der Waals surface area contributed by atoms with Crippen LogP contribution in [0.3, 0.4) is 0 Å².